The van der Waals surface area contributed by atoms with Crippen molar-refractivity contribution < 1.29 is 13.2 Å². The third-order valence-electron chi connectivity index (χ3n) is 3.91. The van der Waals surface area contributed by atoms with Crippen molar-refractivity contribution in [2.24, 2.45) is 0 Å². The summed E-state index contributed by atoms with van der Waals surface area (Å²) in [6.07, 6.45) is 0.963. The van der Waals surface area contributed by atoms with Gasteiger partial charge in [-0.1, -0.05) is 43.0 Å². The molecule has 124 valence electrons. The predicted molar refractivity (Wildman–Crippen MR) is 93.6 cm³/mol. The number of aryl methyl sites for hydroxylation is 1. The molecule has 0 radical (unpaired) electrons. The Hall–Kier alpha value is -2.99. The van der Waals surface area contributed by atoms with Crippen molar-refractivity contribution >= 4 is 0 Å². The Labute approximate surface area is 145 Å². The molecule has 0 spiro atoms. The first-order valence-corrected chi connectivity index (χ1v) is 7.93. The molecule has 0 aromatic heterocycles. The molecule has 3 aromatic rings. The van der Waals surface area contributed by atoms with Crippen LogP contribution in [0.2, 0.25) is 0 Å². The number of hydrogen-bond donors (Lipinski definition) is 0. The summed E-state index contributed by atoms with van der Waals surface area (Å²) in [5, 5.41) is 0. The Kier molecular flexibility index (Phi) is 4.90. The summed E-state index contributed by atoms with van der Waals surface area (Å²) >= 11 is 0. The van der Waals surface area contributed by atoms with Gasteiger partial charge in [-0.2, -0.15) is 0 Å². The molecule has 3 aromatic carbocycles. The fourth-order valence-electron chi connectivity index (χ4n) is 2.46. The van der Waals surface area contributed by atoms with E-state index >= 15 is 0 Å². The average molecular weight is 336 g/mol. The maximum absolute atomic E-state index is 14.3. The number of rotatable bonds is 2. The van der Waals surface area contributed by atoms with Gasteiger partial charge in [-0.15, -0.1) is 0 Å². The second-order valence-corrected chi connectivity index (χ2v) is 5.62. The highest BCUT2D eigenvalue weighted by atomic mass is 19.2. The largest absolute Gasteiger partial charge is 0.206 e. The normalized spacial score (nSPS) is 10.2. The van der Waals surface area contributed by atoms with Crippen molar-refractivity contribution in [1.82, 2.24) is 0 Å². The number of benzene rings is 3. The molecule has 0 aliphatic heterocycles. The summed E-state index contributed by atoms with van der Waals surface area (Å²) < 4.78 is 40.6. The first kappa shape index (κ1) is 16.9. The van der Waals surface area contributed by atoms with E-state index in [9.17, 15) is 13.2 Å². The van der Waals surface area contributed by atoms with Crippen LogP contribution in [0, 0.1) is 29.3 Å². The van der Waals surface area contributed by atoms with Gasteiger partial charge >= 0.3 is 0 Å². The lowest BCUT2D eigenvalue weighted by molar-refractivity contribution is 0.509. The molecule has 0 saturated carbocycles. The Balaban J connectivity index is 1.87. The smallest absolute Gasteiger partial charge is 0.159 e. The molecular formula is C22H15F3. The average Bonchev–Trinajstić information content (AvgIpc) is 2.63. The molecule has 0 heterocycles. The van der Waals surface area contributed by atoms with E-state index < -0.39 is 17.5 Å². The maximum Gasteiger partial charge on any atom is 0.159 e. The maximum atomic E-state index is 14.3. The highest BCUT2D eigenvalue weighted by molar-refractivity contribution is 5.65. The van der Waals surface area contributed by atoms with Gasteiger partial charge in [0.15, 0.2) is 11.6 Å². The minimum absolute atomic E-state index is 0.205. The zero-order valence-electron chi connectivity index (χ0n) is 13.6. The summed E-state index contributed by atoms with van der Waals surface area (Å²) in [5.74, 6) is 3.41. The van der Waals surface area contributed by atoms with Crippen LogP contribution in [0.5, 0.6) is 0 Å². The van der Waals surface area contributed by atoms with Gasteiger partial charge in [0.05, 0.1) is 0 Å². The summed E-state index contributed by atoms with van der Waals surface area (Å²) in [6.45, 7) is 2.08. The molecule has 3 heteroatoms. The van der Waals surface area contributed by atoms with Crippen LogP contribution < -0.4 is 0 Å². The Morgan fingerprint density at radius 2 is 1.36 bits per heavy atom. The lowest BCUT2D eigenvalue weighted by atomic mass is 10.0. The fourth-order valence-corrected chi connectivity index (χ4v) is 2.46. The summed E-state index contributed by atoms with van der Waals surface area (Å²) in [6, 6.07) is 15.7. The van der Waals surface area contributed by atoms with Crippen molar-refractivity contribution in [2.75, 3.05) is 0 Å². The highest BCUT2D eigenvalue weighted by Gasteiger charge is 2.09. The number of halogens is 3. The van der Waals surface area contributed by atoms with Gasteiger partial charge in [0.2, 0.25) is 0 Å². The molecule has 0 atom stereocenters. The molecule has 0 aliphatic carbocycles. The number of hydrogen-bond acceptors (Lipinski definition) is 0. The third-order valence-corrected chi connectivity index (χ3v) is 3.91. The van der Waals surface area contributed by atoms with Crippen molar-refractivity contribution in [1.29, 1.82) is 0 Å². The lowest BCUT2D eigenvalue weighted by Gasteiger charge is -2.04. The monoisotopic (exact) mass is 336 g/mol. The molecule has 0 nitrogen and oxygen atoms in total. The second kappa shape index (κ2) is 7.27. The molecule has 0 amide bonds. The molecule has 3 rings (SSSR count). The minimum atomic E-state index is -1.00. The summed E-state index contributed by atoms with van der Waals surface area (Å²) in [7, 11) is 0. The summed E-state index contributed by atoms with van der Waals surface area (Å²) in [4.78, 5) is 0. The molecule has 0 aliphatic rings. The van der Waals surface area contributed by atoms with E-state index in [4.69, 9.17) is 0 Å². The SMILES string of the molecule is CCc1ccc(C#Cc2ccc(-c3ccc(F)c(F)c3)c(F)c2)cc1. The van der Waals surface area contributed by atoms with E-state index in [0.29, 0.717) is 5.56 Å². The van der Waals surface area contributed by atoms with E-state index in [2.05, 4.69) is 18.8 Å². The van der Waals surface area contributed by atoms with E-state index in [0.717, 1.165) is 24.1 Å². The molecule has 0 bridgehead atoms. The van der Waals surface area contributed by atoms with Crippen molar-refractivity contribution in [3.63, 3.8) is 0 Å². The quantitative estimate of drug-likeness (QED) is 0.524. The van der Waals surface area contributed by atoms with Crippen molar-refractivity contribution in [3.8, 4) is 23.0 Å². The highest BCUT2D eigenvalue weighted by Crippen LogP contribution is 2.25. The van der Waals surface area contributed by atoms with Gasteiger partial charge < -0.3 is 0 Å². The van der Waals surface area contributed by atoms with Gasteiger partial charge in [-0.05, 0) is 53.9 Å². The van der Waals surface area contributed by atoms with Crippen LogP contribution in [0.3, 0.4) is 0 Å². The first-order valence-electron chi connectivity index (χ1n) is 7.93. The van der Waals surface area contributed by atoms with Crippen LogP contribution in [0.1, 0.15) is 23.6 Å². The molecule has 0 fully saturated rings. The van der Waals surface area contributed by atoms with Crippen molar-refractivity contribution in [3.05, 3.63) is 94.8 Å². The Morgan fingerprint density at radius 3 is 2.00 bits per heavy atom. The minimum Gasteiger partial charge on any atom is -0.206 e. The molecule has 0 N–H and O–H groups in total. The molecular weight excluding hydrogens is 321 g/mol. The van der Waals surface area contributed by atoms with E-state index in [1.54, 1.807) is 6.07 Å². The standard InChI is InChI=1S/C22H15F3/c1-2-15-3-5-16(6-4-15)7-8-17-9-11-19(21(24)13-17)18-10-12-20(23)22(25)14-18/h3-6,9-14H,2H2,1H3. The third kappa shape index (κ3) is 3.92. The molecule has 25 heavy (non-hydrogen) atoms. The van der Waals surface area contributed by atoms with Gasteiger partial charge in [0.25, 0.3) is 0 Å². The molecule has 0 saturated heterocycles. The fraction of sp³-hybridized carbons (Fsp3) is 0.0909. The predicted octanol–water partition coefficient (Wildman–Crippen LogP) is 5.73. The zero-order valence-corrected chi connectivity index (χ0v) is 13.6. The van der Waals surface area contributed by atoms with Crippen LogP contribution in [0.4, 0.5) is 13.2 Å². The van der Waals surface area contributed by atoms with Gasteiger partial charge in [0, 0.05) is 16.7 Å². The Bertz CT molecular complexity index is 961. The zero-order chi connectivity index (χ0) is 17.8. The van der Waals surface area contributed by atoms with Crippen LogP contribution in [0.15, 0.2) is 60.7 Å². The first-order chi connectivity index (χ1) is 12.1. The Morgan fingerprint density at radius 1 is 0.680 bits per heavy atom. The van der Waals surface area contributed by atoms with E-state index in [1.807, 2.05) is 24.3 Å². The van der Waals surface area contributed by atoms with Crippen molar-refractivity contribution in [2.45, 2.75) is 13.3 Å². The van der Waals surface area contributed by atoms with Crippen LogP contribution in [-0.4, -0.2) is 0 Å². The topological polar surface area (TPSA) is 0 Å². The van der Waals surface area contributed by atoms with Crippen LogP contribution in [0.25, 0.3) is 11.1 Å². The van der Waals surface area contributed by atoms with E-state index in [1.165, 1.54) is 23.8 Å². The van der Waals surface area contributed by atoms with Gasteiger partial charge in [0.1, 0.15) is 5.82 Å². The summed E-state index contributed by atoms with van der Waals surface area (Å²) in [5.41, 5.74) is 3.08. The van der Waals surface area contributed by atoms with Crippen LogP contribution >= 0.6 is 0 Å². The lowest BCUT2D eigenvalue weighted by Crippen LogP contribution is -1.89. The molecule has 0 unspecified atom stereocenters. The van der Waals surface area contributed by atoms with Crippen LogP contribution in [-0.2, 0) is 6.42 Å². The second-order valence-electron chi connectivity index (χ2n) is 5.62. The van der Waals surface area contributed by atoms with E-state index in [-0.39, 0.29) is 11.1 Å². The van der Waals surface area contributed by atoms with Gasteiger partial charge in [-0.25, -0.2) is 13.2 Å². The van der Waals surface area contributed by atoms with Gasteiger partial charge in [-0.3, -0.25) is 0 Å².